The first-order valence-electron chi connectivity index (χ1n) is 8.04. The molecule has 3 aromatic carbocycles. The number of benzene rings is 3. The van der Waals surface area contributed by atoms with E-state index >= 15 is 0 Å². The highest BCUT2D eigenvalue weighted by Gasteiger charge is 2.27. The lowest BCUT2D eigenvalue weighted by molar-refractivity contribution is -0.385. The quantitative estimate of drug-likeness (QED) is 0.398. The van der Waals surface area contributed by atoms with Crippen molar-refractivity contribution < 1.29 is 13.3 Å². The van der Waals surface area contributed by atoms with Gasteiger partial charge in [0.1, 0.15) is 0 Å². The van der Waals surface area contributed by atoms with Gasteiger partial charge in [-0.2, -0.15) is 0 Å². The molecule has 0 bridgehead atoms. The van der Waals surface area contributed by atoms with Crippen LogP contribution in [0, 0.1) is 10.1 Å². The van der Waals surface area contributed by atoms with Crippen molar-refractivity contribution in [1.82, 2.24) is 0 Å². The average molecular weight is 383 g/mol. The molecule has 0 aliphatic rings. The summed E-state index contributed by atoms with van der Waals surface area (Å²) in [5, 5.41) is 11.1. The van der Waals surface area contributed by atoms with Crippen molar-refractivity contribution in [3.05, 3.63) is 94.5 Å². The molecule has 3 aromatic rings. The zero-order chi connectivity index (χ0) is 19.4. The Kier molecular flexibility index (Phi) is 5.09. The molecule has 2 N–H and O–H groups in total. The Bertz CT molecular complexity index is 1050. The van der Waals surface area contributed by atoms with Gasteiger partial charge < -0.3 is 5.73 Å². The summed E-state index contributed by atoms with van der Waals surface area (Å²) in [7, 11) is -4.08. The molecule has 8 heteroatoms. The number of anilines is 2. The summed E-state index contributed by atoms with van der Waals surface area (Å²) in [6.45, 7) is 0.0792. The Labute approximate surface area is 156 Å². The van der Waals surface area contributed by atoms with Crippen LogP contribution in [-0.4, -0.2) is 13.3 Å². The predicted octanol–water partition coefficient (Wildman–Crippen LogP) is 3.57. The van der Waals surface area contributed by atoms with Gasteiger partial charge in [-0.15, -0.1) is 0 Å². The third-order valence-electron chi connectivity index (χ3n) is 3.93. The molecule has 0 heterocycles. The number of nitrogens with two attached hydrogens (primary N) is 1. The minimum absolute atomic E-state index is 0.00972. The van der Waals surface area contributed by atoms with Crippen LogP contribution in [0.3, 0.4) is 0 Å². The van der Waals surface area contributed by atoms with Crippen molar-refractivity contribution in [2.24, 2.45) is 0 Å². The van der Waals surface area contributed by atoms with Crippen molar-refractivity contribution in [2.45, 2.75) is 11.4 Å². The van der Waals surface area contributed by atoms with Gasteiger partial charge in [-0.3, -0.25) is 14.4 Å². The SMILES string of the molecule is Nc1cc([N+](=O)[O-])cc(S(=O)(=O)N(Cc2ccccc2)c2ccccc2)c1. The van der Waals surface area contributed by atoms with Crippen LogP contribution in [0.4, 0.5) is 17.1 Å². The van der Waals surface area contributed by atoms with Crippen LogP contribution in [-0.2, 0) is 16.6 Å². The van der Waals surface area contributed by atoms with E-state index in [2.05, 4.69) is 0 Å². The normalized spacial score (nSPS) is 11.1. The van der Waals surface area contributed by atoms with Gasteiger partial charge in [0.2, 0.25) is 0 Å². The van der Waals surface area contributed by atoms with E-state index in [0.717, 1.165) is 17.7 Å². The monoisotopic (exact) mass is 383 g/mol. The number of nitrogens with zero attached hydrogens (tertiary/aromatic N) is 2. The van der Waals surface area contributed by atoms with E-state index in [4.69, 9.17) is 5.73 Å². The zero-order valence-electron chi connectivity index (χ0n) is 14.2. The van der Waals surface area contributed by atoms with Crippen LogP contribution in [0.2, 0.25) is 0 Å². The number of nitro benzene ring substituents is 1. The minimum atomic E-state index is -4.08. The van der Waals surface area contributed by atoms with Crippen molar-refractivity contribution in [3.8, 4) is 0 Å². The molecular weight excluding hydrogens is 366 g/mol. The van der Waals surface area contributed by atoms with E-state index in [9.17, 15) is 18.5 Å². The fourth-order valence-electron chi connectivity index (χ4n) is 2.65. The fraction of sp³-hybridized carbons (Fsp3) is 0.0526. The van der Waals surface area contributed by atoms with Crippen LogP contribution in [0.1, 0.15) is 5.56 Å². The van der Waals surface area contributed by atoms with E-state index in [1.54, 1.807) is 30.3 Å². The molecular formula is C19H17N3O4S. The minimum Gasteiger partial charge on any atom is -0.398 e. The molecule has 0 aliphatic heterocycles. The summed E-state index contributed by atoms with van der Waals surface area (Å²) in [5.41, 5.74) is 6.57. The third-order valence-corrected chi connectivity index (χ3v) is 5.68. The molecule has 0 atom stereocenters. The van der Waals surface area contributed by atoms with Gasteiger partial charge in [-0.25, -0.2) is 8.42 Å². The molecule has 0 saturated heterocycles. The summed E-state index contributed by atoms with van der Waals surface area (Å²) in [6, 6.07) is 21.0. The smallest absolute Gasteiger partial charge is 0.272 e. The maximum Gasteiger partial charge on any atom is 0.272 e. The maximum atomic E-state index is 13.3. The van der Waals surface area contributed by atoms with Crippen molar-refractivity contribution in [3.63, 3.8) is 0 Å². The Morgan fingerprint density at radius 3 is 2.11 bits per heavy atom. The number of sulfonamides is 1. The maximum absolute atomic E-state index is 13.3. The van der Waals surface area contributed by atoms with Gasteiger partial charge in [-0.05, 0) is 23.8 Å². The summed E-state index contributed by atoms with van der Waals surface area (Å²) >= 11 is 0. The molecule has 0 amide bonds. The summed E-state index contributed by atoms with van der Waals surface area (Å²) < 4.78 is 27.8. The van der Waals surface area contributed by atoms with Crippen LogP contribution in [0.15, 0.2) is 83.8 Å². The van der Waals surface area contributed by atoms with E-state index < -0.39 is 14.9 Å². The van der Waals surface area contributed by atoms with E-state index in [1.165, 1.54) is 10.4 Å². The zero-order valence-corrected chi connectivity index (χ0v) is 15.0. The molecule has 0 radical (unpaired) electrons. The lowest BCUT2D eigenvalue weighted by Gasteiger charge is -2.24. The fourth-order valence-corrected chi connectivity index (χ4v) is 4.17. The molecule has 0 aromatic heterocycles. The Balaban J connectivity index is 2.12. The second kappa shape index (κ2) is 7.46. The highest BCUT2D eigenvalue weighted by atomic mass is 32.2. The standard InChI is InChI=1S/C19H17N3O4S/c20-16-11-18(22(23)24)13-19(12-16)27(25,26)21(17-9-5-2-6-10-17)14-15-7-3-1-4-8-15/h1-13H,14,20H2. The van der Waals surface area contributed by atoms with Gasteiger partial charge >= 0.3 is 0 Å². The number of para-hydroxylation sites is 1. The average Bonchev–Trinajstić information content (AvgIpc) is 2.67. The van der Waals surface area contributed by atoms with Gasteiger partial charge in [-0.1, -0.05) is 48.5 Å². The predicted molar refractivity (Wildman–Crippen MR) is 104 cm³/mol. The lowest BCUT2D eigenvalue weighted by atomic mass is 10.2. The molecule has 0 unspecified atom stereocenters. The number of nitrogen functional groups attached to an aromatic ring is 1. The Morgan fingerprint density at radius 1 is 0.926 bits per heavy atom. The molecule has 138 valence electrons. The van der Waals surface area contributed by atoms with E-state index in [0.29, 0.717) is 5.69 Å². The molecule has 7 nitrogen and oxygen atoms in total. The number of hydrogen-bond acceptors (Lipinski definition) is 5. The van der Waals surface area contributed by atoms with Gasteiger partial charge in [0.15, 0.2) is 0 Å². The van der Waals surface area contributed by atoms with Crippen molar-refractivity contribution >= 4 is 27.1 Å². The van der Waals surface area contributed by atoms with E-state index in [1.807, 2.05) is 30.3 Å². The highest BCUT2D eigenvalue weighted by molar-refractivity contribution is 7.92. The second-order valence-electron chi connectivity index (χ2n) is 5.85. The van der Waals surface area contributed by atoms with E-state index in [-0.39, 0.29) is 22.8 Å². The molecule has 0 fully saturated rings. The largest absolute Gasteiger partial charge is 0.398 e. The van der Waals surface area contributed by atoms with Crippen molar-refractivity contribution in [1.29, 1.82) is 0 Å². The summed E-state index contributed by atoms with van der Waals surface area (Å²) in [6.07, 6.45) is 0. The Morgan fingerprint density at radius 2 is 1.52 bits per heavy atom. The molecule has 0 saturated carbocycles. The van der Waals surface area contributed by atoms with Crippen LogP contribution < -0.4 is 10.0 Å². The summed E-state index contributed by atoms with van der Waals surface area (Å²) in [4.78, 5) is 10.2. The van der Waals surface area contributed by atoms with Gasteiger partial charge in [0.05, 0.1) is 22.1 Å². The highest BCUT2D eigenvalue weighted by Crippen LogP contribution is 2.29. The first-order chi connectivity index (χ1) is 12.9. The second-order valence-corrected chi connectivity index (χ2v) is 7.71. The van der Waals surface area contributed by atoms with Gasteiger partial charge in [0, 0.05) is 17.8 Å². The molecule has 0 aliphatic carbocycles. The number of hydrogen-bond donors (Lipinski definition) is 1. The number of nitro groups is 1. The van der Waals surface area contributed by atoms with Crippen molar-refractivity contribution in [2.75, 3.05) is 10.0 Å². The number of non-ortho nitro benzene ring substituents is 1. The topological polar surface area (TPSA) is 107 Å². The summed E-state index contributed by atoms with van der Waals surface area (Å²) in [5.74, 6) is 0. The van der Waals surface area contributed by atoms with Crippen LogP contribution >= 0.6 is 0 Å². The Hall–Kier alpha value is -3.39. The lowest BCUT2D eigenvalue weighted by Crippen LogP contribution is -2.30. The van der Waals surface area contributed by atoms with Crippen LogP contribution in [0.25, 0.3) is 0 Å². The first-order valence-corrected chi connectivity index (χ1v) is 9.48. The molecule has 27 heavy (non-hydrogen) atoms. The number of rotatable bonds is 6. The first kappa shape index (κ1) is 18.4. The third kappa shape index (κ3) is 4.06. The van der Waals surface area contributed by atoms with Crippen LogP contribution in [0.5, 0.6) is 0 Å². The molecule has 0 spiro atoms. The molecule has 3 rings (SSSR count). The van der Waals surface area contributed by atoms with Gasteiger partial charge in [0.25, 0.3) is 15.7 Å².